The van der Waals surface area contributed by atoms with Gasteiger partial charge in [0.15, 0.2) is 29.3 Å². The second-order valence-corrected chi connectivity index (χ2v) is 6.25. The lowest BCUT2D eigenvalue weighted by molar-refractivity contribution is 0.102. The van der Waals surface area contributed by atoms with E-state index < -0.39 is 0 Å². The molecule has 124 valence electrons. The highest BCUT2D eigenvalue weighted by atomic mass is 32.1. The number of hydrogen-bond donors (Lipinski definition) is 1. The first-order valence-electron chi connectivity index (χ1n) is 7.16. The number of amides is 1. The number of hydrogen-bond acceptors (Lipinski definition) is 6. The van der Waals surface area contributed by atoms with Crippen LogP contribution in [0.2, 0.25) is 0 Å². The van der Waals surface area contributed by atoms with Crippen LogP contribution in [0.3, 0.4) is 0 Å². The third-order valence-electron chi connectivity index (χ3n) is 3.39. The first-order valence-corrected chi connectivity index (χ1v) is 7.97. The van der Waals surface area contributed by atoms with Crippen LogP contribution in [0, 0.1) is 6.92 Å². The van der Waals surface area contributed by atoms with E-state index in [2.05, 4.69) is 10.3 Å². The molecule has 0 saturated heterocycles. The molecule has 24 heavy (non-hydrogen) atoms. The van der Waals surface area contributed by atoms with Crippen molar-refractivity contribution in [1.82, 2.24) is 4.98 Å². The molecule has 0 spiro atoms. The lowest BCUT2D eigenvalue weighted by atomic mass is 10.2. The number of aromatic nitrogens is 1. The minimum absolute atomic E-state index is 0.242. The number of aryl methyl sites for hydroxylation is 1. The quantitative estimate of drug-likeness (QED) is 0.758. The molecule has 2 heterocycles. The van der Waals surface area contributed by atoms with Gasteiger partial charge in [-0.1, -0.05) is 0 Å². The molecule has 1 amide bonds. The van der Waals surface area contributed by atoms with Crippen molar-refractivity contribution in [2.45, 2.75) is 6.92 Å². The van der Waals surface area contributed by atoms with E-state index in [1.807, 2.05) is 19.1 Å². The second-order valence-electron chi connectivity index (χ2n) is 4.96. The van der Waals surface area contributed by atoms with Crippen LogP contribution in [0.4, 0.5) is 5.69 Å². The van der Waals surface area contributed by atoms with Gasteiger partial charge in [-0.2, -0.15) is 0 Å². The van der Waals surface area contributed by atoms with Gasteiger partial charge in [-0.25, -0.2) is 4.98 Å². The van der Waals surface area contributed by atoms with Gasteiger partial charge in [0, 0.05) is 16.6 Å². The molecule has 2 aromatic heterocycles. The lowest BCUT2D eigenvalue weighted by Gasteiger charge is -2.10. The van der Waals surface area contributed by atoms with Crippen LogP contribution in [0.25, 0.3) is 10.6 Å². The summed E-state index contributed by atoms with van der Waals surface area (Å²) in [5.41, 5.74) is 0.820. The summed E-state index contributed by atoms with van der Waals surface area (Å²) < 4.78 is 15.8. The number of nitrogens with one attached hydrogen (secondary N) is 1. The minimum Gasteiger partial charge on any atom is -0.493 e. The molecular formula is C17H16N2O4S. The summed E-state index contributed by atoms with van der Waals surface area (Å²) in [6.07, 6.45) is 1.27. The molecule has 1 aromatic carbocycles. The van der Waals surface area contributed by atoms with Crippen molar-refractivity contribution in [2.24, 2.45) is 0 Å². The van der Waals surface area contributed by atoms with E-state index in [0.29, 0.717) is 22.9 Å². The maximum atomic E-state index is 12.5. The molecule has 0 saturated carbocycles. The van der Waals surface area contributed by atoms with Crippen LogP contribution in [-0.4, -0.2) is 25.1 Å². The summed E-state index contributed by atoms with van der Waals surface area (Å²) in [5.74, 6) is 1.24. The smallest absolute Gasteiger partial charge is 0.278 e. The van der Waals surface area contributed by atoms with Gasteiger partial charge < -0.3 is 19.2 Å². The van der Waals surface area contributed by atoms with Gasteiger partial charge in [0.2, 0.25) is 0 Å². The van der Waals surface area contributed by atoms with Crippen LogP contribution in [-0.2, 0) is 0 Å². The van der Waals surface area contributed by atoms with Gasteiger partial charge >= 0.3 is 0 Å². The molecular weight excluding hydrogens is 328 g/mol. The fourth-order valence-electron chi connectivity index (χ4n) is 2.24. The molecule has 7 heteroatoms. The highest BCUT2D eigenvalue weighted by Crippen LogP contribution is 2.32. The average Bonchev–Trinajstić information content (AvgIpc) is 3.23. The van der Waals surface area contributed by atoms with Crippen molar-refractivity contribution >= 4 is 22.9 Å². The highest BCUT2D eigenvalue weighted by molar-refractivity contribution is 7.15. The largest absolute Gasteiger partial charge is 0.493 e. The number of thiophene rings is 1. The number of benzene rings is 1. The summed E-state index contributed by atoms with van der Waals surface area (Å²) in [6, 6.07) is 9.02. The van der Waals surface area contributed by atoms with Gasteiger partial charge in [-0.15, -0.1) is 11.3 Å². The maximum Gasteiger partial charge on any atom is 0.278 e. The molecule has 3 aromatic rings. The SMILES string of the molecule is COc1ccc(NC(=O)c2ncoc2-c2ccc(C)s2)cc1OC. The molecule has 0 aliphatic rings. The predicted molar refractivity (Wildman–Crippen MR) is 92.1 cm³/mol. The van der Waals surface area contributed by atoms with Crippen LogP contribution in [0.15, 0.2) is 41.1 Å². The molecule has 3 rings (SSSR count). The van der Waals surface area contributed by atoms with Crippen molar-refractivity contribution in [1.29, 1.82) is 0 Å². The van der Waals surface area contributed by atoms with Gasteiger partial charge in [-0.3, -0.25) is 4.79 Å². The number of oxazole rings is 1. The Bertz CT molecular complexity index is 869. The Labute approximate surface area is 143 Å². The molecule has 0 aliphatic heterocycles. The number of carbonyl (C=O) groups excluding carboxylic acids is 1. The molecule has 0 fully saturated rings. The molecule has 0 aliphatic carbocycles. The Morgan fingerprint density at radius 1 is 1.17 bits per heavy atom. The molecule has 1 N–H and O–H groups in total. The molecule has 0 atom stereocenters. The normalized spacial score (nSPS) is 10.5. The van der Waals surface area contributed by atoms with Crippen LogP contribution in [0.1, 0.15) is 15.4 Å². The topological polar surface area (TPSA) is 73.6 Å². The van der Waals surface area contributed by atoms with Crippen molar-refractivity contribution in [2.75, 3.05) is 19.5 Å². The second kappa shape index (κ2) is 6.76. The lowest BCUT2D eigenvalue weighted by Crippen LogP contribution is -2.13. The molecule has 6 nitrogen and oxygen atoms in total. The zero-order chi connectivity index (χ0) is 17.1. The van der Waals surface area contributed by atoms with Gasteiger partial charge in [0.25, 0.3) is 5.91 Å². The van der Waals surface area contributed by atoms with E-state index in [9.17, 15) is 4.79 Å². The Kier molecular flexibility index (Phi) is 4.52. The number of methoxy groups -OCH3 is 2. The first kappa shape index (κ1) is 16.1. The predicted octanol–water partition coefficient (Wildman–Crippen LogP) is 3.98. The summed E-state index contributed by atoms with van der Waals surface area (Å²) >= 11 is 1.54. The molecule has 0 unspecified atom stereocenters. The average molecular weight is 344 g/mol. The third-order valence-corrected chi connectivity index (χ3v) is 4.39. The van der Waals surface area contributed by atoms with Crippen molar-refractivity contribution < 1.29 is 18.7 Å². The van der Waals surface area contributed by atoms with Gasteiger partial charge in [-0.05, 0) is 31.2 Å². The van der Waals surface area contributed by atoms with Gasteiger partial charge in [0.1, 0.15) is 0 Å². The fourth-order valence-corrected chi connectivity index (χ4v) is 3.10. The number of carbonyl (C=O) groups is 1. The van der Waals surface area contributed by atoms with Crippen molar-refractivity contribution in [3.63, 3.8) is 0 Å². The zero-order valence-electron chi connectivity index (χ0n) is 13.5. The number of nitrogens with zero attached hydrogens (tertiary/aromatic N) is 1. The van der Waals surface area contributed by atoms with Crippen LogP contribution >= 0.6 is 11.3 Å². The Balaban J connectivity index is 1.85. The summed E-state index contributed by atoms with van der Waals surface area (Å²) in [7, 11) is 3.10. The number of rotatable bonds is 5. The standard InChI is InChI=1S/C17H16N2O4S/c1-10-4-7-14(24-10)16-15(18-9-23-16)17(20)19-11-5-6-12(21-2)13(8-11)22-3/h4-9H,1-3H3,(H,19,20). The van der Waals surface area contributed by atoms with E-state index in [0.717, 1.165) is 9.75 Å². The Hall–Kier alpha value is -2.80. The van der Waals surface area contributed by atoms with Crippen molar-refractivity contribution in [3.8, 4) is 22.1 Å². The van der Waals surface area contributed by atoms with E-state index in [1.165, 1.54) is 13.5 Å². The first-order chi connectivity index (χ1) is 11.6. The van der Waals surface area contributed by atoms with Crippen molar-refractivity contribution in [3.05, 3.63) is 47.3 Å². The monoisotopic (exact) mass is 344 g/mol. The van der Waals surface area contributed by atoms with E-state index in [1.54, 1.807) is 36.6 Å². The minimum atomic E-state index is -0.350. The van der Waals surface area contributed by atoms with Crippen LogP contribution in [0.5, 0.6) is 11.5 Å². The Morgan fingerprint density at radius 2 is 1.96 bits per heavy atom. The third kappa shape index (κ3) is 3.11. The molecule has 0 bridgehead atoms. The number of ether oxygens (including phenoxy) is 2. The number of anilines is 1. The summed E-state index contributed by atoms with van der Waals surface area (Å²) in [6.45, 7) is 1.99. The van der Waals surface area contributed by atoms with E-state index in [4.69, 9.17) is 13.9 Å². The van der Waals surface area contributed by atoms with E-state index >= 15 is 0 Å². The zero-order valence-corrected chi connectivity index (χ0v) is 14.3. The highest BCUT2D eigenvalue weighted by Gasteiger charge is 2.20. The summed E-state index contributed by atoms with van der Waals surface area (Å²) in [4.78, 5) is 18.6. The Morgan fingerprint density at radius 3 is 2.62 bits per heavy atom. The maximum absolute atomic E-state index is 12.5. The van der Waals surface area contributed by atoms with Gasteiger partial charge in [0.05, 0.1) is 19.1 Å². The van der Waals surface area contributed by atoms with Crippen LogP contribution < -0.4 is 14.8 Å². The van der Waals surface area contributed by atoms with E-state index in [-0.39, 0.29) is 11.6 Å². The fraction of sp³-hybridized carbons (Fsp3) is 0.176. The summed E-state index contributed by atoms with van der Waals surface area (Å²) in [5, 5.41) is 2.79. The molecule has 0 radical (unpaired) electrons.